The highest BCUT2D eigenvalue weighted by Crippen LogP contribution is 2.04. The predicted octanol–water partition coefficient (Wildman–Crippen LogP) is -0.980. The Hall–Kier alpha value is 0.0169. The lowest BCUT2D eigenvalue weighted by molar-refractivity contribution is 0.163. The van der Waals surface area contributed by atoms with Crippen LogP contribution in [0.3, 0.4) is 0 Å². The Morgan fingerprint density at radius 1 is 1.33 bits per heavy atom. The van der Waals surface area contributed by atoms with Gasteiger partial charge in [0.05, 0.1) is 13.2 Å². The predicted molar refractivity (Wildman–Crippen MR) is 45.0 cm³/mol. The SMILES string of the molecule is CO[SiH](OC)OC.OCC1CO1. The molecule has 1 aliphatic rings. The van der Waals surface area contributed by atoms with Crippen LogP contribution in [0, 0.1) is 0 Å². The zero-order valence-corrected chi connectivity index (χ0v) is 8.80. The van der Waals surface area contributed by atoms with Crippen molar-refractivity contribution >= 4 is 9.53 Å². The fraction of sp³-hybridized carbons (Fsp3) is 1.00. The van der Waals surface area contributed by atoms with Crippen molar-refractivity contribution in [1.82, 2.24) is 0 Å². The highest BCUT2D eigenvalue weighted by atomic mass is 28.3. The molecule has 0 aliphatic carbocycles. The molecule has 1 fully saturated rings. The van der Waals surface area contributed by atoms with E-state index in [0.29, 0.717) is 0 Å². The van der Waals surface area contributed by atoms with E-state index < -0.39 is 9.53 Å². The first-order chi connectivity index (χ1) is 5.78. The second kappa shape index (κ2) is 7.65. The number of hydrogen-bond acceptors (Lipinski definition) is 5. The van der Waals surface area contributed by atoms with E-state index in [2.05, 4.69) is 4.74 Å². The third-order valence-electron chi connectivity index (χ3n) is 1.18. The lowest BCUT2D eigenvalue weighted by atomic mass is 10.5. The topological polar surface area (TPSA) is 60.5 Å². The van der Waals surface area contributed by atoms with Crippen molar-refractivity contribution in [2.24, 2.45) is 0 Å². The summed E-state index contributed by atoms with van der Waals surface area (Å²) in [5, 5.41) is 8.08. The smallest absolute Gasteiger partial charge is 0.394 e. The van der Waals surface area contributed by atoms with E-state index in [1.54, 1.807) is 21.3 Å². The first-order valence-electron chi connectivity index (χ1n) is 3.59. The minimum atomic E-state index is -1.67. The van der Waals surface area contributed by atoms with Gasteiger partial charge >= 0.3 is 9.53 Å². The van der Waals surface area contributed by atoms with Crippen molar-refractivity contribution in [3.8, 4) is 0 Å². The number of epoxide rings is 1. The van der Waals surface area contributed by atoms with E-state index in [-0.39, 0.29) is 12.7 Å². The molecule has 1 unspecified atom stereocenters. The maximum Gasteiger partial charge on any atom is 0.483 e. The molecule has 0 saturated carbocycles. The summed E-state index contributed by atoms with van der Waals surface area (Å²) in [7, 11) is 3.05. The Labute approximate surface area is 74.2 Å². The number of aliphatic hydroxyl groups is 1. The van der Waals surface area contributed by atoms with Gasteiger partial charge in [0.15, 0.2) is 0 Å². The maximum absolute atomic E-state index is 8.08. The first kappa shape index (κ1) is 12.0. The van der Waals surface area contributed by atoms with Crippen molar-refractivity contribution in [3.63, 3.8) is 0 Å². The minimum Gasteiger partial charge on any atom is -0.394 e. The van der Waals surface area contributed by atoms with Crippen LogP contribution in [0.2, 0.25) is 0 Å². The average Bonchev–Trinajstić information content (AvgIpc) is 2.91. The van der Waals surface area contributed by atoms with Crippen molar-refractivity contribution in [2.75, 3.05) is 34.5 Å². The van der Waals surface area contributed by atoms with E-state index in [0.717, 1.165) is 6.61 Å². The van der Waals surface area contributed by atoms with Crippen LogP contribution >= 0.6 is 0 Å². The van der Waals surface area contributed by atoms with E-state index >= 15 is 0 Å². The van der Waals surface area contributed by atoms with Gasteiger partial charge in [-0.05, 0) is 0 Å². The summed E-state index contributed by atoms with van der Waals surface area (Å²) in [4.78, 5) is 0. The Morgan fingerprint density at radius 2 is 1.75 bits per heavy atom. The standard InChI is InChI=1S/C3H10O3Si.C3H6O2/c1-4-7(5-2)6-3;4-1-3-2-5-3/h7H,1-3H3;3-4H,1-2H2. The fourth-order valence-corrected chi connectivity index (χ4v) is 1.04. The molecule has 74 valence electrons. The molecular weight excluding hydrogens is 180 g/mol. The minimum absolute atomic E-state index is 0.190. The molecule has 12 heavy (non-hydrogen) atoms. The molecular formula is C6H16O5Si. The molecule has 1 heterocycles. The van der Waals surface area contributed by atoms with E-state index in [1.807, 2.05) is 0 Å². The van der Waals surface area contributed by atoms with Gasteiger partial charge in [0.2, 0.25) is 0 Å². The summed E-state index contributed by atoms with van der Waals surface area (Å²) in [5.74, 6) is 0. The first-order valence-corrected chi connectivity index (χ1v) is 5.00. The highest BCUT2D eigenvalue weighted by Gasteiger charge is 2.19. The summed E-state index contributed by atoms with van der Waals surface area (Å²) in [6.45, 7) is 0.955. The monoisotopic (exact) mass is 196 g/mol. The summed E-state index contributed by atoms with van der Waals surface area (Å²) in [6, 6.07) is 0. The van der Waals surface area contributed by atoms with E-state index in [9.17, 15) is 0 Å². The van der Waals surface area contributed by atoms with E-state index in [4.69, 9.17) is 18.4 Å². The van der Waals surface area contributed by atoms with Crippen LogP contribution in [0.5, 0.6) is 0 Å². The van der Waals surface area contributed by atoms with Crippen LogP contribution in [0.25, 0.3) is 0 Å². The molecule has 0 aromatic rings. The van der Waals surface area contributed by atoms with Gasteiger partial charge in [-0.25, -0.2) is 0 Å². The molecule has 0 aromatic carbocycles. The van der Waals surface area contributed by atoms with Crippen molar-refractivity contribution in [3.05, 3.63) is 0 Å². The third kappa shape index (κ3) is 6.71. The largest absolute Gasteiger partial charge is 0.483 e. The molecule has 0 bridgehead atoms. The third-order valence-corrected chi connectivity index (χ3v) is 2.34. The van der Waals surface area contributed by atoms with Crippen molar-refractivity contribution in [1.29, 1.82) is 0 Å². The fourth-order valence-electron chi connectivity index (χ4n) is 0.462. The van der Waals surface area contributed by atoms with Gasteiger partial charge in [0, 0.05) is 21.3 Å². The summed E-state index contributed by atoms with van der Waals surface area (Å²) < 4.78 is 18.8. The second-order valence-electron chi connectivity index (χ2n) is 2.13. The van der Waals surface area contributed by atoms with Gasteiger partial charge in [-0.3, -0.25) is 0 Å². The molecule has 1 saturated heterocycles. The van der Waals surface area contributed by atoms with Gasteiger partial charge in [0.1, 0.15) is 6.10 Å². The molecule has 0 radical (unpaired) electrons. The van der Waals surface area contributed by atoms with Gasteiger partial charge in [-0.2, -0.15) is 0 Å². The Kier molecular flexibility index (Phi) is 7.67. The van der Waals surface area contributed by atoms with Crippen LogP contribution in [0.15, 0.2) is 0 Å². The molecule has 1 N–H and O–H groups in total. The second-order valence-corrected chi connectivity index (χ2v) is 4.13. The Bertz CT molecular complexity index is 88.4. The summed E-state index contributed by atoms with van der Waals surface area (Å²) in [6.07, 6.45) is 0.190. The molecule has 0 aromatic heterocycles. The zero-order valence-electron chi connectivity index (χ0n) is 7.65. The lowest BCUT2D eigenvalue weighted by Crippen LogP contribution is -2.21. The molecule has 6 heteroatoms. The van der Waals surface area contributed by atoms with Crippen molar-refractivity contribution < 1.29 is 23.1 Å². The lowest BCUT2D eigenvalue weighted by Gasteiger charge is -2.05. The quantitative estimate of drug-likeness (QED) is 0.462. The number of rotatable bonds is 4. The van der Waals surface area contributed by atoms with Gasteiger partial charge in [-0.15, -0.1) is 0 Å². The van der Waals surface area contributed by atoms with Crippen LogP contribution in [-0.2, 0) is 18.0 Å². The van der Waals surface area contributed by atoms with E-state index in [1.165, 1.54) is 0 Å². The number of aliphatic hydroxyl groups excluding tert-OH is 1. The van der Waals surface area contributed by atoms with Gasteiger partial charge in [0.25, 0.3) is 0 Å². The maximum atomic E-state index is 8.08. The molecule has 0 spiro atoms. The molecule has 1 atom stereocenters. The van der Waals surface area contributed by atoms with Crippen LogP contribution in [-0.4, -0.2) is 55.3 Å². The normalized spacial score (nSPS) is 20.2. The van der Waals surface area contributed by atoms with Crippen LogP contribution < -0.4 is 0 Å². The zero-order chi connectivity index (χ0) is 9.40. The van der Waals surface area contributed by atoms with Crippen molar-refractivity contribution in [2.45, 2.75) is 6.10 Å². The van der Waals surface area contributed by atoms with Gasteiger partial charge < -0.3 is 23.1 Å². The molecule has 5 nitrogen and oxygen atoms in total. The number of hydrogen-bond donors (Lipinski definition) is 1. The van der Waals surface area contributed by atoms with Gasteiger partial charge in [-0.1, -0.05) is 0 Å². The Balaban J connectivity index is 0.000000211. The molecule has 0 amide bonds. The van der Waals surface area contributed by atoms with Crippen LogP contribution in [0.1, 0.15) is 0 Å². The average molecular weight is 196 g/mol. The number of ether oxygens (including phenoxy) is 1. The Morgan fingerprint density at radius 3 is 1.75 bits per heavy atom. The molecule has 1 aliphatic heterocycles. The highest BCUT2D eigenvalue weighted by molar-refractivity contribution is 6.36. The summed E-state index contributed by atoms with van der Waals surface area (Å²) in [5.41, 5.74) is 0. The molecule has 1 rings (SSSR count). The summed E-state index contributed by atoms with van der Waals surface area (Å²) >= 11 is 0. The van der Waals surface area contributed by atoms with Crippen LogP contribution in [0.4, 0.5) is 0 Å².